The molecule has 1 atom stereocenters. The van der Waals surface area contributed by atoms with Gasteiger partial charge in [0, 0.05) is 17.2 Å². The molecule has 21 heavy (non-hydrogen) atoms. The van der Waals surface area contributed by atoms with Gasteiger partial charge in [-0.05, 0) is 30.7 Å². The van der Waals surface area contributed by atoms with Gasteiger partial charge in [0.05, 0.1) is 11.1 Å². The molecule has 1 amide bonds. The molecule has 0 bridgehead atoms. The van der Waals surface area contributed by atoms with Crippen LogP contribution in [0, 0.1) is 0 Å². The number of pyridine rings is 1. The molecule has 4 nitrogen and oxygen atoms in total. The molecule has 1 aliphatic heterocycles. The molecular formula is C16H19N3OS. The lowest BCUT2D eigenvalue weighted by Crippen LogP contribution is -2.32. The Kier molecular flexibility index (Phi) is 4.29. The van der Waals surface area contributed by atoms with E-state index in [9.17, 15) is 4.79 Å². The van der Waals surface area contributed by atoms with Gasteiger partial charge in [0.15, 0.2) is 0 Å². The molecule has 110 valence electrons. The lowest BCUT2D eigenvalue weighted by Gasteiger charge is -2.21. The van der Waals surface area contributed by atoms with Crippen molar-refractivity contribution in [2.24, 2.45) is 0 Å². The van der Waals surface area contributed by atoms with Crippen LogP contribution in [-0.4, -0.2) is 28.4 Å². The Bertz CT molecular complexity index is 653. The maximum Gasteiger partial charge on any atom is 0.252 e. The van der Waals surface area contributed by atoms with Crippen LogP contribution >= 0.6 is 11.8 Å². The van der Waals surface area contributed by atoms with Gasteiger partial charge in [0.2, 0.25) is 0 Å². The number of para-hydroxylation sites is 1. The Morgan fingerprint density at radius 2 is 2.24 bits per heavy atom. The summed E-state index contributed by atoms with van der Waals surface area (Å²) in [7, 11) is 0. The number of thioether (sulfide) groups is 1. The summed E-state index contributed by atoms with van der Waals surface area (Å²) < 4.78 is 0. The first-order valence-corrected chi connectivity index (χ1v) is 8.34. The number of aromatic nitrogens is 1. The zero-order valence-corrected chi connectivity index (χ0v) is 12.7. The number of benzene rings is 1. The van der Waals surface area contributed by atoms with E-state index in [0.717, 1.165) is 17.4 Å². The van der Waals surface area contributed by atoms with Gasteiger partial charge in [0.25, 0.3) is 5.91 Å². The Morgan fingerprint density at radius 1 is 1.38 bits per heavy atom. The molecule has 3 N–H and O–H groups in total. The van der Waals surface area contributed by atoms with Crippen LogP contribution in [0.25, 0.3) is 10.9 Å². The number of hydrogen-bond donors (Lipinski definition) is 2. The molecular weight excluding hydrogens is 282 g/mol. The summed E-state index contributed by atoms with van der Waals surface area (Å²) in [5.41, 5.74) is 7.18. The quantitative estimate of drug-likeness (QED) is 0.914. The Morgan fingerprint density at radius 3 is 3.05 bits per heavy atom. The molecule has 2 aromatic rings. The molecule has 3 rings (SSSR count). The van der Waals surface area contributed by atoms with E-state index in [1.54, 1.807) is 6.07 Å². The summed E-state index contributed by atoms with van der Waals surface area (Å²) in [5.74, 6) is 1.52. The van der Waals surface area contributed by atoms with Gasteiger partial charge in [-0.1, -0.05) is 24.6 Å². The van der Waals surface area contributed by atoms with Gasteiger partial charge in [0.1, 0.15) is 5.82 Å². The van der Waals surface area contributed by atoms with Crippen LogP contribution in [0.3, 0.4) is 0 Å². The fourth-order valence-electron chi connectivity index (χ4n) is 2.65. The van der Waals surface area contributed by atoms with Crippen molar-refractivity contribution >= 4 is 34.4 Å². The number of nitrogens with one attached hydrogen (secondary N) is 1. The second-order valence-corrected chi connectivity index (χ2v) is 6.72. The van der Waals surface area contributed by atoms with Crippen molar-refractivity contribution in [1.82, 2.24) is 10.3 Å². The summed E-state index contributed by atoms with van der Waals surface area (Å²) in [5, 5.41) is 4.43. The highest BCUT2D eigenvalue weighted by Gasteiger charge is 2.17. The molecule has 1 aliphatic rings. The number of fused-ring (bicyclic) bond motifs is 1. The third kappa shape index (κ3) is 3.29. The highest BCUT2D eigenvalue weighted by molar-refractivity contribution is 7.99. The van der Waals surface area contributed by atoms with Crippen molar-refractivity contribution in [3.8, 4) is 0 Å². The smallest absolute Gasteiger partial charge is 0.252 e. The van der Waals surface area contributed by atoms with E-state index >= 15 is 0 Å². The summed E-state index contributed by atoms with van der Waals surface area (Å²) in [4.78, 5) is 16.7. The Hall–Kier alpha value is -1.75. The van der Waals surface area contributed by atoms with E-state index < -0.39 is 0 Å². The largest absolute Gasteiger partial charge is 0.384 e. The number of hydrogen-bond acceptors (Lipinski definition) is 4. The number of amides is 1. The molecule has 0 radical (unpaired) electrons. The highest BCUT2D eigenvalue weighted by atomic mass is 32.2. The number of nitrogen functional groups attached to an aromatic ring is 1. The van der Waals surface area contributed by atoms with Crippen molar-refractivity contribution < 1.29 is 4.79 Å². The molecule has 1 unspecified atom stereocenters. The molecule has 1 aromatic heterocycles. The summed E-state index contributed by atoms with van der Waals surface area (Å²) in [6, 6.07) is 9.25. The van der Waals surface area contributed by atoms with E-state index in [0.29, 0.717) is 16.6 Å². The minimum absolute atomic E-state index is 0.0635. The number of nitrogens with zero attached hydrogens (tertiary/aromatic N) is 1. The molecule has 0 saturated carbocycles. The van der Waals surface area contributed by atoms with Crippen LogP contribution in [0.4, 0.5) is 5.82 Å². The first-order chi connectivity index (χ1) is 10.2. The number of carbonyl (C=O) groups is 1. The second kappa shape index (κ2) is 6.35. The van der Waals surface area contributed by atoms with Crippen molar-refractivity contribution in [3.63, 3.8) is 0 Å². The van der Waals surface area contributed by atoms with Crippen LogP contribution < -0.4 is 11.1 Å². The monoisotopic (exact) mass is 301 g/mol. The zero-order valence-electron chi connectivity index (χ0n) is 11.8. The third-order valence-electron chi connectivity index (χ3n) is 3.74. The predicted octanol–water partition coefficient (Wildman–Crippen LogP) is 2.83. The summed E-state index contributed by atoms with van der Waals surface area (Å²) in [6.07, 6.45) is 3.74. The summed E-state index contributed by atoms with van der Waals surface area (Å²) in [6.45, 7) is 0.722. The molecule has 0 spiro atoms. The average molecular weight is 301 g/mol. The SMILES string of the molecule is Nc1cc(C(=O)NCC2CCCCS2)c2ccccc2n1. The average Bonchev–Trinajstić information content (AvgIpc) is 2.52. The molecule has 1 aromatic carbocycles. The third-order valence-corrected chi connectivity index (χ3v) is 5.14. The number of nitrogens with two attached hydrogens (primary N) is 1. The minimum atomic E-state index is -0.0635. The van der Waals surface area contributed by atoms with Crippen LogP contribution in [0.15, 0.2) is 30.3 Å². The van der Waals surface area contributed by atoms with E-state index in [1.807, 2.05) is 36.0 Å². The lowest BCUT2D eigenvalue weighted by atomic mass is 10.1. The van der Waals surface area contributed by atoms with Crippen LogP contribution in [-0.2, 0) is 0 Å². The van der Waals surface area contributed by atoms with Crippen molar-refractivity contribution in [2.75, 3.05) is 18.0 Å². The van der Waals surface area contributed by atoms with Crippen LogP contribution in [0.1, 0.15) is 29.6 Å². The summed E-state index contributed by atoms with van der Waals surface area (Å²) >= 11 is 1.96. The standard InChI is InChI=1S/C16H19N3OS/c17-15-9-13(12-6-1-2-7-14(12)19-15)16(20)18-10-11-5-3-4-8-21-11/h1-2,6-7,9,11H,3-5,8,10H2,(H2,17,19)(H,18,20). The van der Waals surface area contributed by atoms with Gasteiger partial charge in [-0.25, -0.2) is 4.98 Å². The van der Waals surface area contributed by atoms with Gasteiger partial charge in [-0.15, -0.1) is 0 Å². The lowest BCUT2D eigenvalue weighted by molar-refractivity contribution is 0.0955. The zero-order chi connectivity index (χ0) is 14.7. The van der Waals surface area contributed by atoms with Gasteiger partial charge >= 0.3 is 0 Å². The first-order valence-electron chi connectivity index (χ1n) is 7.29. The maximum atomic E-state index is 12.4. The number of anilines is 1. The van der Waals surface area contributed by atoms with Gasteiger partial charge in [-0.3, -0.25) is 4.79 Å². The van der Waals surface area contributed by atoms with E-state index in [4.69, 9.17) is 5.73 Å². The van der Waals surface area contributed by atoms with Crippen LogP contribution in [0.2, 0.25) is 0 Å². The molecule has 1 saturated heterocycles. The molecule has 5 heteroatoms. The van der Waals surface area contributed by atoms with Crippen molar-refractivity contribution in [1.29, 1.82) is 0 Å². The molecule has 0 aliphatic carbocycles. The minimum Gasteiger partial charge on any atom is -0.384 e. The Balaban J connectivity index is 1.77. The van der Waals surface area contributed by atoms with Crippen molar-refractivity contribution in [2.45, 2.75) is 24.5 Å². The fourth-order valence-corrected chi connectivity index (χ4v) is 3.89. The normalized spacial score (nSPS) is 18.6. The van der Waals surface area contributed by atoms with Crippen LogP contribution in [0.5, 0.6) is 0 Å². The van der Waals surface area contributed by atoms with Gasteiger partial charge in [-0.2, -0.15) is 11.8 Å². The van der Waals surface area contributed by atoms with Gasteiger partial charge < -0.3 is 11.1 Å². The first kappa shape index (κ1) is 14.2. The van der Waals surface area contributed by atoms with Crippen molar-refractivity contribution in [3.05, 3.63) is 35.9 Å². The second-order valence-electron chi connectivity index (χ2n) is 5.31. The number of carbonyl (C=O) groups excluding carboxylic acids is 1. The maximum absolute atomic E-state index is 12.4. The van der Waals surface area contributed by atoms with E-state index in [1.165, 1.54) is 25.0 Å². The predicted molar refractivity (Wildman–Crippen MR) is 88.6 cm³/mol. The number of rotatable bonds is 3. The van der Waals surface area contributed by atoms with E-state index in [2.05, 4.69) is 10.3 Å². The molecule has 2 heterocycles. The molecule has 1 fully saturated rings. The topological polar surface area (TPSA) is 68.0 Å². The highest BCUT2D eigenvalue weighted by Crippen LogP contribution is 2.24. The fraction of sp³-hybridized carbons (Fsp3) is 0.375. The Labute approximate surface area is 128 Å². The van der Waals surface area contributed by atoms with E-state index in [-0.39, 0.29) is 5.91 Å².